The van der Waals surface area contributed by atoms with Gasteiger partial charge in [0.25, 0.3) is 0 Å². The molecule has 9 nitrogen and oxygen atoms in total. The van der Waals surface area contributed by atoms with Gasteiger partial charge in [0.2, 0.25) is 17.7 Å². The molecule has 4 aromatic rings. The van der Waals surface area contributed by atoms with Crippen molar-refractivity contribution in [1.29, 1.82) is 0 Å². The number of ether oxygens (including phenoxy) is 1. The molecule has 2 aromatic carbocycles. The zero-order valence-electron chi connectivity index (χ0n) is 21.6. The number of aromatic nitrogens is 1. The number of hydrogen-bond donors (Lipinski definition) is 1. The van der Waals surface area contributed by atoms with E-state index in [2.05, 4.69) is 5.32 Å². The van der Waals surface area contributed by atoms with E-state index in [1.807, 2.05) is 0 Å². The van der Waals surface area contributed by atoms with Gasteiger partial charge >= 0.3 is 11.0 Å². The van der Waals surface area contributed by atoms with Gasteiger partial charge in [0.05, 0.1) is 46.4 Å². The summed E-state index contributed by atoms with van der Waals surface area (Å²) in [4.78, 5) is 54.2. The normalized spacial score (nSPS) is 19.9. The molecule has 42 heavy (non-hydrogen) atoms. The number of anilines is 2. The Morgan fingerprint density at radius 3 is 2.48 bits per heavy atom. The molecule has 2 aliphatic heterocycles. The molecule has 2 aliphatic rings. The first-order chi connectivity index (χ1) is 20.1. The number of carbonyl (C=O) groups is 3. The van der Waals surface area contributed by atoms with Crippen molar-refractivity contribution in [2.45, 2.75) is 28.9 Å². The number of halogens is 3. The lowest BCUT2D eigenvalue weighted by molar-refractivity contribution is -0.137. The number of amides is 3. The second kappa shape index (κ2) is 10.5. The van der Waals surface area contributed by atoms with Gasteiger partial charge in [-0.2, -0.15) is 13.2 Å². The molecule has 1 fully saturated rings. The minimum absolute atomic E-state index is 0.201. The Bertz CT molecular complexity index is 1750. The second-order valence-electron chi connectivity index (χ2n) is 9.52. The van der Waals surface area contributed by atoms with Crippen LogP contribution in [0.3, 0.4) is 0 Å². The molecule has 0 spiro atoms. The molecule has 0 aliphatic carbocycles. The molecule has 0 radical (unpaired) electrons. The van der Waals surface area contributed by atoms with Gasteiger partial charge in [0.1, 0.15) is 23.3 Å². The highest BCUT2D eigenvalue weighted by molar-refractivity contribution is 8.00. The van der Waals surface area contributed by atoms with Crippen molar-refractivity contribution in [3.8, 4) is 5.75 Å². The van der Waals surface area contributed by atoms with Crippen molar-refractivity contribution in [3.05, 3.63) is 92.8 Å². The number of fused-ring (bicyclic) bond motifs is 2. The number of hydrogen-bond acceptors (Lipinski definition) is 8. The minimum Gasteiger partial charge on any atom is -0.497 e. The quantitative estimate of drug-likeness (QED) is 0.305. The molecule has 1 saturated heterocycles. The maximum Gasteiger partial charge on any atom is 0.416 e. The molecular formula is C28H20F3N3O6S2. The number of thiazole rings is 1. The lowest BCUT2D eigenvalue weighted by Crippen LogP contribution is -2.32. The van der Waals surface area contributed by atoms with Gasteiger partial charge in [-0.25, -0.2) is 4.90 Å². The van der Waals surface area contributed by atoms with Gasteiger partial charge < -0.3 is 14.5 Å². The SMILES string of the molecule is COc1ccc(NC(=O)Cn2c3c(sc2=O)[C@@H](c2ccco2)[C@@H]2C(=O)N(c4cccc(C(F)(F)F)c4)C(=O)[C@@H]2S3)cc1. The van der Waals surface area contributed by atoms with E-state index < -0.39 is 51.4 Å². The van der Waals surface area contributed by atoms with Crippen LogP contribution in [0.15, 0.2) is 81.2 Å². The molecule has 4 heterocycles. The predicted octanol–water partition coefficient (Wildman–Crippen LogP) is 4.96. The molecule has 0 unspecified atom stereocenters. The first-order valence-electron chi connectivity index (χ1n) is 12.5. The molecular weight excluding hydrogens is 595 g/mol. The lowest BCUT2D eigenvalue weighted by atomic mass is 9.87. The van der Waals surface area contributed by atoms with Gasteiger partial charge in [-0.05, 0) is 54.6 Å². The molecule has 14 heteroatoms. The number of thioether (sulfide) groups is 1. The Labute approximate surface area is 243 Å². The zero-order chi connectivity index (χ0) is 29.8. The van der Waals surface area contributed by atoms with E-state index in [9.17, 15) is 32.3 Å². The van der Waals surface area contributed by atoms with E-state index in [1.165, 1.54) is 24.0 Å². The summed E-state index contributed by atoms with van der Waals surface area (Å²) in [6.07, 6.45) is -3.29. The average Bonchev–Trinajstić information content (AvgIpc) is 3.66. The van der Waals surface area contributed by atoms with E-state index in [0.29, 0.717) is 27.1 Å². The molecule has 6 rings (SSSR count). The number of imide groups is 1. The van der Waals surface area contributed by atoms with Crippen molar-refractivity contribution in [3.63, 3.8) is 0 Å². The number of nitrogens with zero attached hydrogens (tertiary/aromatic N) is 2. The number of carbonyl (C=O) groups excluding carboxylic acids is 3. The molecule has 216 valence electrons. The Morgan fingerprint density at radius 2 is 1.81 bits per heavy atom. The number of rotatable bonds is 6. The maximum absolute atomic E-state index is 13.8. The van der Waals surface area contributed by atoms with Crippen LogP contribution in [-0.2, 0) is 27.1 Å². The largest absolute Gasteiger partial charge is 0.497 e. The third-order valence-electron chi connectivity index (χ3n) is 7.01. The summed E-state index contributed by atoms with van der Waals surface area (Å²) in [7, 11) is 1.51. The third kappa shape index (κ3) is 4.79. The van der Waals surface area contributed by atoms with Gasteiger partial charge in [-0.15, -0.1) is 0 Å². The van der Waals surface area contributed by atoms with Crippen LogP contribution in [0.4, 0.5) is 24.5 Å². The highest BCUT2D eigenvalue weighted by Gasteiger charge is 2.57. The molecule has 3 amide bonds. The van der Waals surface area contributed by atoms with E-state index in [4.69, 9.17) is 9.15 Å². The fourth-order valence-electron chi connectivity index (χ4n) is 5.12. The first-order valence-corrected chi connectivity index (χ1v) is 14.2. The molecule has 0 bridgehead atoms. The van der Waals surface area contributed by atoms with Crippen molar-refractivity contribution in [2.24, 2.45) is 5.92 Å². The zero-order valence-corrected chi connectivity index (χ0v) is 23.2. The van der Waals surface area contributed by atoms with Crippen LogP contribution in [0.2, 0.25) is 0 Å². The summed E-state index contributed by atoms with van der Waals surface area (Å²) in [6.45, 7) is -0.370. The van der Waals surface area contributed by atoms with Crippen LogP contribution in [-0.4, -0.2) is 34.6 Å². The maximum atomic E-state index is 13.8. The van der Waals surface area contributed by atoms with Crippen molar-refractivity contribution >= 4 is 52.2 Å². The van der Waals surface area contributed by atoms with Crippen LogP contribution in [0.1, 0.15) is 22.1 Å². The van der Waals surface area contributed by atoms with Crippen LogP contribution in [0, 0.1) is 5.92 Å². The summed E-state index contributed by atoms with van der Waals surface area (Å²) in [5, 5.41) is 1.97. The predicted molar refractivity (Wildman–Crippen MR) is 148 cm³/mol. The van der Waals surface area contributed by atoms with Crippen LogP contribution in [0.25, 0.3) is 0 Å². The summed E-state index contributed by atoms with van der Waals surface area (Å²) in [5.74, 6) is -2.92. The molecule has 2 aromatic heterocycles. The monoisotopic (exact) mass is 615 g/mol. The first kappa shape index (κ1) is 27.8. The Morgan fingerprint density at radius 1 is 1.05 bits per heavy atom. The Balaban J connectivity index is 1.36. The number of alkyl halides is 3. The second-order valence-corrected chi connectivity index (χ2v) is 11.6. The average molecular weight is 616 g/mol. The molecule has 3 atom stereocenters. The van der Waals surface area contributed by atoms with E-state index in [-0.39, 0.29) is 12.2 Å². The number of nitrogens with one attached hydrogen (secondary N) is 1. The number of methoxy groups -OCH3 is 1. The standard InChI is InChI=1S/C28H20F3N3O6S2/c1-39-17-9-7-15(8-10-17)32-19(35)13-33-26-23(42-27(33)38)20(18-6-3-11-40-18)21-22(41-26)25(37)34(24(21)36)16-5-2-4-14(12-16)28(29,30)31/h2-12,20-22H,13H2,1H3,(H,32,35)/t20-,21-,22+/m0/s1. The molecule has 0 saturated carbocycles. The Kier molecular flexibility index (Phi) is 6.97. The van der Waals surface area contributed by atoms with E-state index >= 15 is 0 Å². The van der Waals surface area contributed by atoms with Gasteiger partial charge in [-0.1, -0.05) is 29.2 Å². The van der Waals surface area contributed by atoms with Crippen molar-refractivity contribution in [1.82, 2.24) is 4.57 Å². The van der Waals surface area contributed by atoms with Gasteiger partial charge in [0.15, 0.2) is 0 Å². The molecule has 1 N–H and O–H groups in total. The van der Waals surface area contributed by atoms with Gasteiger partial charge in [0, 0.05) is 5.69 Å². The summed E-state index contributed by atoms with van der Waals surface area (Å²) in [6, 6.07) is 13.8. The highest BCUT2D eigenvalue weighted by atomic mass is 32.2. The van der Waals surface area contributed by atoms with E-state index in [0.717, 1.165) is 46.2 Å². The lowest BCUT2D eigenvalue weighted by Gasteiger charge is -2.29. The fraction of sp³-hybridized carbons (Fsp3) is 0.214. The van der Waals surface area contributed by atoms with E-state index in [1.54, 1.807) is 36.4 Å². The van der Waals surface area contributed by atoms with Gasteiger partial charge in [-0.3, -0.25) is 23.7 Å². The van der Waals surface area contributed by atoms with Crippen LogP contribution in [0.5, 0.6) is 5.75 Å². The highest BCUT2D eigenvalue weighted by Crippen LogP contribution is 2.54. The third-order valence-corrected chi connectivity index (χ3v) is 9.61. The smallest absolute Gasteiger partial charge is 0.416 e. The van der Waals surface area contributed by atoms with Crippen molar-refractivity contribution < 1.29 is 36.7 Å². The minimum atomic E-state index is -4.67. The summed E-state index contributed by atoms with van der Waals surface area (Å²) < 4.78 is 52.2. The topological polar surface area (TPSA) is 111 Å². The summed E-state index contributed by atoms with van der Waals surface area (Å²) >= 11 is 1.78. The number of benzene rings is 2. The Hall–Kier alpha value is -4.30. The van der Waals surface area contributed by atoms with Crippen LogP contribution >= 0.6 is 23.1 Å². The number of furan rings is 1. The van der Waals surface area contributed by atoms with Crippen LogP contribution < -0.4 is 19.8 Å². The van der Waals surface area contributed by atoms with Crippen molar-refractivity contribution in [2.75, 3.05) is 17.3 Å². The fourth-order valence-corrected chi connectivity index (χ4v) is 7.88. The summed E-state index contributed by atoms with van der Waals surface area (Å²) in [5.41, 5.74) is -0.721.